The van der Waals surface area contributed by atoms with Gasteiger partial charge in [0.2, 0.25) is 0 Å². The molecule has 0 unspecified atom stereocenters. The number of hydrogen-bond donors (Lipinski definition) is 2. The van der Waals surface area contributed by atoms with Gasteiger partial charge in [-0.3, -0.25) is 4.79 Å². The number of carbonyl (C=O) groups excluding carboxylic acids is 1. The first-order valence-corrected chi connectivity index (χ1v) is 7.64. The van der Waals surface area contributed by atoms with E-state index in [-0.39, 0.29) is 5.91 Å². The van der Waals surface area contributed by atoms with Crippen molar-refractivity contribution in [3.8, 4) is 0 Å². The maximum absolute atomic E-state index is 12.3. The summed E-state index contributed by atoms with van der Waals surface area (Å²) in [7, 11) is 0. The van der Waals surface area contributed by atoms with Gasteiger partial charge in [-0.1, -0.05) is 23.8 Å². The summed E-state index contributed by atoms with van der Waals surface area (Å²) in [6.07, 6.45) is 1.51. The summed E-state index contributed by atoms with van der Waals surface area (Å²) in [5.41, 5.74) is 4.20. The molecule has 5 nitrogen and oxygen atoms in total. The highest BCUT2D eigenvalue weighted by Gasteiger charge is 2.06. The summed E-state index contributed by atoms with van der Waals surface area (Å²) in [4.78, 5) is 20.5. The quantitative estimate of drug-likeness (QED) is 0.760. The van der Waals surface area contributed by atoms with Gasteiger partial charge in [0.05, 0.1) is 0 Å². The van der Waals surface area contributed by atoms with Crippen LogP contribution in [0.5, 0.6) is 0 Å². The zero-order valence-electron chi connectivity index (χ0n) is 13.6. The van der Waals surface area contributed by atoms with E-state index >= 15 is 0 Å². The Bertz CT molecular complexity index is 859. The highest BCUT2D eigenvalue weighted by atomic mass is 16.1. The summed E-state index contributed by atoms with van der Waals surface area (Å²) >= 11 is 0. The molecular weight excluding hydrogens is 300 g/mol. The Hall–Kier alpha value is -3.21. The van der Waals surface area contributed by atoms with Crippen LogP contribution in [-0.4, -0.2) is 15.9 Å². The van der Waals surface area contributed by atoms with Crippen LogP contribution >= 0.6 is 0 Å². The van der Waals surface area contributed by atoms with E-state index in [0.717, 1.165) is 22.6 Å². The first kappa shape index (κ1) is 15.7. The predicted molar refractivity (Wildman–Crippen MR) is 95.6 cm³/mol. The molecular formula is C19H18N4O. The third kappa shape index (κ3) is 3.95. The molecule has 0 aliphatic carbocycles. The van der Waals surface area contributed by atoms with Gasteiger partial charge in [0.25, 0.3) is 5.91 Å². The highest BCUT2D eigenvalue weighted by Crippen LogP contribution is 2.19. The van der Waals surface area contributed by atoms with Crippen molar-refractivity contribution in [3.05, 3.63) is 77.7 Å². The van der Waals surface area contributed by atoms with Gasteiger partial charge in [-0.2, -0.15) is 0 Å². The van der Waals surface area contributed by atoms with Crippen LogP contribution in [0.25, 0.3) is 0 Å². The molecule has 2 aromatic carbocycles. The molecule has 0 fully saturated rings. The van der Waals surface area contributed by atoms with Crippen molar-refractivity contribution in [1.29, 1.82) is 0 Å². The fraction of sp³-hybridized carbons (Fsp3) is 0.105. The first-order chi connectivity index (χ1) is 11.6. The monoisotopic (exact) mass is 318 g/mol. The van der Waals surface area contributed by atoms with Crippen molar-refractivity contribution >= 4 is 23.1 Å². The second kappa shape index (κ2) is 6.91. The molecule has 0 radical (unpaired) electrons. The molecule has 0 aliphatic heterocycles. The van der Waals surface area contributed by atoms with Gasteiger partial charge in [-0.05, 0) is 44.2 Å². The van der Waals surface area contributed by atoms with E-state index in [1.807, 2.05) is 68.4 Å². The van der Waals surface area contributed by atoms with E-state index in [0.29, 0.717) is 11.4 Å². The van der Waals surface area contributed by atoms with Crippen LogP contribution < -0.4 is 10.6 Å². The van der Waals surface area contributed by atoms with Crippen LogP contribution in [-0.2, 0) is 0 Å². The summed E-state index contributed by atoms with van der Waals surface area (Å²) < 4.78 is 0. The number of amides is 1. The fourth-order valence-electron chi connectivity index (χ4n) is 2.25. The van der Waals surface area contributed by atoms with Gasteiger partial charge in [-0.25, -0.2) is 9.97 Å². The molecule has 3 rings (SSSR count). The maximum atomic E-state index is 12.3. The molecule has 120 valence electrons. The molecule has 1 aromatic heterocycles. The van der Waals surface area contributed by atoms with Crippen molar-refractivity contribution in [1.82, 2.24) is 9.97 Å². The largest absolute Gasteiger partial charge is 0.340 e. The maximum Gasteiger partial charge on any atom is 0.255 e. The Labute approximate surface area is 140 Å². The van der Waals surface area contributed by atoms with Crippen LogP contribution in [0.1, 0.15) is 21.6 Å². The molecule has 0 aliphatic rings. The van der Waals surface area contributed by atoms with E-state index < -0.39 is 0 Å². The Morgan fingerprint density at radius 1 is 0.917 bits per heavy atom. The van der Waals surface area contributed by atoms with Crippen molar-refractivity contribution < 1.29 is 4.79 Å². The Kier molecular flexibility index (Phi) is 4.52. The topological polar surface area (TPSA) is 66.9 Å². The van der Waals surface area contributed by atoms with Crippen LogP contribution in [0.2, 0.25) is 0 Å². The lowest BCUT2D eigenvalue weighted by Gasteiger charge is -2.09. The van der Waals surface area contributed by atoms with Gasteiger partial charge in [0.1, 0.15) is 12.1 Å². The molecule has 0 atom stereocenters. The minimum atomic E-state index is -0.134. The fourth-order valence-corrected chi connectivity index (χ4v) is 2.25. The molecule has 3 aromatic rings. The number of aryl methyl sites for hydroxylation is 2. The Morgan fingerprint density at radius 3 is 2.42 bits per heavy atom. The zero-order chi connectivity index (χ0) is 16.9. The zero-order valence-corrected chi connectivity index (χ0v) is 13.6. The summed E-state index contributed by atoms with van der Waals surface area (Å²) in [5, 5.41) is 6.11. The molecule has 5 heteroatoms. The van der Waals surface area contributed by atoms with E-state index in [9.17, 15) is 4.79 Å². The number of rotatable bonds is 4. The highest BCUT2D eigenvalue weighted by molar-refractivity contribution is 6.04. The van der Waals surface area contributed by atoms with Crippen LogP contribution in [0, 0.1) is 13.8 Å². The lowest BCUT2D eigenvalue weighted by Crippen LogP contribution is -2.11. The third-order valence-electron chi connectivity index (χ3n) is 3.51. The molecule has 1 amide bonds. The normalized spacial score (nSPS) is 10.2. The smallest absolute Gasteiger partial charge is 0.255 e. The minimum absolute atomic E-state index is 0.134. The lowest BCUT2D eigenvalue weighted by atomic mass is 10.1. The third-order valence-corrected chi connectivity index (χ3v) is 3.51. The Morgan fingerprint density at radius 2 is 1.67 bits per heavy atom. The van der Waals surface area contributed by atoms with E-state index in [1.165, 1.54) is 6.33 Å². The molecule has 1 heterocycles. The number of hydrogen-bond acceptors (Lipinski definition) is 4. The van der Waals surface area contributed by atoms with Crippen LogP contribution in [0.4, 0.5) is 17.2 Å². The molecule has 0 saturated carbocycles. The predicted octanol–water partition coefficient (Wildman–Crippen LogP) is 4.09. The molecule has 0 spiro atoms. The number of carbonyl (C=O) groups is 1. The number of benzene rings is 2. The van der Waals surface area contributed by atoms with Gasteiger partial charge in [-0.15, -0.1) is 0 Å². The lowest BCUT2D eigenvalue weighted by molar-refractivity contribution is 0.102. The molecule has 24 heavy (non-hydrogen) atoms. The summed E-state index contributed by atoms with van der Waals surface area (Å²) in [6.45, 7) is 3.90. The van der Waals surface area contributed by atoms with Crippen molar-refractivity contribution in [3.63, 3.8) is 0 Å². The van der Waals surface area contributed by atoms with Gasteiger partial charge < -0.3 is 10.6 Å². The summed E-state index contributed by atoms with van der Waals surface area (Å²) in [6, 6.07) is 16.8. The first-order valence-electron chi connectivity index (χ1n) is 7.64. The van der Waals surface area contributed by atoms with E-state index in [1.54, 1.807) is 0 Å². The average Bonchev–Trinajstić information content (AvgIpc) is 2.56. The average molecular weight is 318 g/mol. The van der Waals surface area contributed by atoms with E-state index in [4.69, 9.17) is 0 Å². The second-order valence-electron chi connectivity index (χ2n) is 5.57. The standard InChI is InChI=1S/C19H18N4O/c1-13-6-8-15(9-7-13)19(24)23-17-5-3-4-16(11-17)22-18-10-14(2)20-12-21-18/h3-12H,1-2H3,(H,23,24)(H,20,21,22). The SMILES string of the molecule is Cc1ccc(C(=O)Nc2cccc(Nc3cc(C)ncn3)c2)cc1. The van der Waals surface area contributed by atoms with Crippen LogP contribution in [0.15, 0.2) is 60.9 Å². The Balaban J connectivity index is 1.73. The van der Waals surface area contributed by atoms with Gasteiger partial charge >= 0.3 is 0 Å². The number of nitrogens with one attached hydrogen (secondary N) is 2. The summed E-state index contributed by atoms with van der Waals surface area (Å²) in [5.74, 6) is 0.578. The molecule has 0 bridgehead atoms. The van der Waals surface area contributed by atoms with Crippen molar-refractivity contribution in [2.45, 2.75) is 13.8 Å². The van der Waals surface area contributed by atoms with Crippen LogP contribution in [0.3, 0.4) is 0 Å². The van der Waals surface area contributed by atoms with E-state index in [2.05, 4.69) is 20.6 Å². The molecule has 0 saturated heterocycles. The number of nitrogens with zero attached hydrogens (tertiary/aromatic N) is 2. The van der Waals surface area contributed by atoms with Crippen molar-refractivity contribution in [2.75, 3.05) is 10.6 Å². The number of anilines is 3. The second-order valence-corrected chi connectivity index (χ2v) is 5.57. The van der Waals surface area contributed by atoms with Crippen molar-refractivity contribution in [2.24, 2.45) is 0 Å². The molecule has 2 N–H and O–H groups in total. The minimum Gasteiger partial charge on any atom is -0.340 e. The van der Waals surface area contributed by atoms with Gasteiger partial charge in [0.15, 0.2) is 0 Å². The van der Waals surface area contributed by atoms with Gasteiger partial charge in [0, 0.05) is 28.7 Å². The number of aromatic nitrogens is 2.